The molecule has 0 spiro atoms. The van der Waals surface area contributed by atoms with Gasteiger partial charge in [0, 0.05) is 37.8 Å². The highest BCUT2D eigenvalue weighted by Gasteiger charge is 2.29. The van der Waals surface area contributed by atoms with Gasteiger partial charge in [0.15, 0.2) is 0 Å². The fraction of sp³-hybridized carbons (Fsp3) is 0.500. The quantitative estimate of drug-likeness (QED) is 0.605. The van der Waals surface area contributed by atoms with Gasteiger partial charge in [-0.25, -0.2) is 0 Å². The van der Waals surface area contributed by atoms with Crippen molar-refractivity contribution < 1.29 is 14.5 Å². The van der Waals surface area contributed by atoms with Crippen LogP contribution in [0.1, 0.15) is 24.8 Å². The normalized spacial score (nSPS) is 17.5. The minimum atomic E-state index is -0.467. The standard InChI is InChI=1S/C16H22N4O4/c1-11-10-12(20(23)24)5-6-13(11)18-15(21)7-9-19-8-3-4-14(19)16(22)17-2/h5-6,10,14H,3-4,7-9H2,1-2H3,(H,17,22)(H,18,21). The monoisotopic (exact) mass is 334 g/mol. The molecule has 1 aliphatic heterocycles. The number of nitro benzene ring substituents is 1. The smallest absolute Gasteiger partial charge is 0.269 e. The molecule has 1 heterocycles. The molecule has 1 aliphatic rings. The molecule has 1 saturated heterocycles. The Kier molecular flexibility index (Phi) is 5.86. The number of likely N-dealkylation sites (N-methyl/N-ethyl adjacent to an activating group) is 1. The first-order valence-electron chi connectivity index (χ1n) is 7.93. The highest BCUT2D eigenvalue weighted by Crippen LogP contribution is 2.22. The van der Waals surface area contributed by atoms with Crippen LogP contribution in [0.5, 0.6) is 0 Å². The van der Waals surface area contributed by atoms with Gasteiger partial charge in [0.05, 0.1) is 11.0 Å². The maximum Gasteiger partial charge on any atom is 0.269 e. The number of nitrogens with zero attached hydrogens (tertiary/aromatic N) is 2. The molecular formula is C16H22N4O4. The second-order valence-corrected chi connectivity index (χ2v) is 5.86. The molecule has 8 heteroatoms. The molecule has 0 saturated carbocycles. The summed E-state index contributed by atoms with van der Waals surface area (Å²) in [6.45, 7) is 3.03. The zero-order chi connectivity index (χ0) is 17.7. The summed E-state index contributed by atoms with van der Waals surface area (Å²) in [7, 11) is 1.61. The van der Waals surface area contributed by atoms with Crippen molar-refractivity contribution in [3.63, 3.8) is 0 Å². The summed E-state index contributed by atoms with van der Waals surface area (Å²) in [5.41, 5.74) is 1.20. The van der Waals surface area contributed by atoms with Crippen LogP contribution in [-0.4, -0.2) is 47.8 Å². The van der Waals surface area contributed by atoms with Crippen LogP contribution in [0.3, 0.4) is 0 Å². The van der Waals surface area contributed by atoms with Crippen molar-refractivity contribution in [1.29, 1.82) is 0 Å². The third-order valence-corrected chi connectivity index (χ3v) is 4.23. The third-order valence-electron chi connectivity index (χ3n) is 4.23. The summed E-state index contributed by atoms with van der Waals surface area (Å²) in [6, 6.07) is 4.17. The molecule has 2 rings (SSSR count). The average Bonchev–Trinajstić information content (AvgIpc) is 3.02. The molecule has 1 atom stereocenters. The zero-order valence-corrected chi connectivity index (χ0v) is 13.9. The molecule has 2 amide bonds. The number of carbonyl (C=O) groups excluding carboxylic acids is 2. The molecular weight excluding hydrogens is 312 g/mol. The van der Waals surface area contributed by atoms with Crippen molar-refractivity contribution in [2.45, 2.75) is 32.2 Å². The molecule has 130 valence electrons. The number of rotatable bonds is 6. The number of anilines is 1. The van der Waals surface area contributed by atoms with E-state index in [2.05, 4.69) is 10.6 Å². The van der Waals surface area contributed by atoms with Gasteiger partial charge in [0.2, 0.25) is 11.8 Å². The van der Waals surface area contributed by atoms with Gasteiger partial charge in [0.25, 0.3) is 5.69 Å². The molecule has 0 bridgehead atoms. The van der Waals surface area contributed by atoms with Gasteiger partial charge >= 0.3 is 0 Å². The number of benzene rings is 1. The number of likely N-dealkylation sites (tertiary alicyclic amines) is 1. The van der Waals surface area contributed by atoms with Crippen LogP contribution in [0.4, 0.5) is 11.4 Å². The van der Waals surface area contributed by atoms with E-state index >= 15 is 0 Å². The predicted molar refractivity (Wildman–Crippen MR) is 89.7 cm³/mol. The number of non-ortho nitro benzene ring substituents is 1. The van der Waals surface area contributed by atoms with E-state index in [-0.39, 0.29) is 30.0 Å². The molecule has 1 unspecified atom stereocenters. The molecule has 1 fully saturated rings. The van der Waals surface area contributed by atoms with Gasteiger partial charge in [-0.3, -0.25) is 24.6 Å². The Bertz CT molecular complexity index is 647. The Morgan fingerprint density at radius 3 is 2.79 bits per heavy atom. The van der Waals surface area contributed by atoms with Gasteiger partial charge in [-0.2, -0.15) is 0 Å². The van der Waals surface area contributed by atoms with Gasteiger partial charge in [-0.15, -0.1) is 0 Å². The maximum atomic E-state index is 12.1. The Morgan fingerprint density at radius 1 is 1.42 bits per heavy atom. The third kappa shape index (κ3) is 4.29. The van der Waals surface area contributed by atoms with Gasteiger partial charge in [0.1, 0.15) is 0 Å². The van der Waals surface area contributed by atoms with E-state index in [4.69, 9.17) is 0 Å². The second kappa shape index (κ2) is 7.87. The summed E-state index contributed by atoms with van der Waals surface area (Å²) >= 11 is 0. The molecule has 0 aliphatic carbocycles. The van der Waals surface area contributed by atoms with Crippen molar-refractivity contribution in [3.8, 4) is 0 Å². The minimum Gasteiger partial charge on any atom is -0.358 e. The van der Waals surface area contributed by atoms with Crippen LogP contribution in [0, 0.1) is 17.0 Å². The number of carbonyl (C=O) groups is 2. The first-order chi connectivity index (χ1) is 11.4. The average molecular weight is 334 g/mol. The van der Waals surface area contributed by atoms with Gasteiger partial charge in [-0.05, 0) is 37.9 Å². The lowest BCUT2D eigenvalue weighted by Crippen LogP contribution is -2.42. The van der Waals surface area contributed by atoms with Crippen molar-refractivity contribution in [2.75, 3.05) is 25.5 Å². The van der Waals surface area contributed by atoms with Gasteiger partial charge in [-0.1, -0.05) is 0 Å². The van der Waals surface area contributed by atoms with E-state index in [1.54, 1.807) is 14.0 Å². The summed E-state index contributed by atoms with van der Waals surface area (Å²) in [5, 5.41) is 16.1. The first kappa shape index (κ1) is 17.9. The first-order valence-corrected chi connectivity index (χ1v) is 7.93. The highest BCUT2D eigenvalue weighted by molar-refractivity contribution is 5.91. The van der Waals surface area contributed by atoms with Crippen LogP contribution in [0.2, 0.25) is 0 Å². The summed E-state index contributed by atoms with van der Waals surface area (Å²) in [5.74, 6) is -0.186. The van der Waals surface area contributed by atoms with E-state index in [9.17, 15) is 19.7 Å². The molecule has 1 aromatic rings. The number of hydrogen-bond acceptors (Lipinski definition) is 5. The molecule has 24 heavy (non-hydrogen) atoms. The molecule has 1 aromatic carbocycles. The summed E-state index contributed by atoms with van der Waals surface area (Å²) in [4.78, 5) is 36.2. The van der Waals surface area contributed by atoms with E-state index in [0.29, 0.717) is 17.8 Å². The summed E-state index contributed by atoms with van der Waals surface area (Å²) < 4.78 is 0. The van der Waals surface area contributed by atoms with E-state index in [1.807, 2.05) is 4.90 Å². The molecule has 2 N–H and O–H groups in total. The van der Waals surface area contributed by atoms with Crippen molar-refractivity contribution in [1.82, 2.24) is 10.2 Å². The molecule has 0 aromatic heterocycles. The van der Waals surface area contributed by atoms with Crippen molar-refractivity contribution >= 4 is 23.2 Å². The fourth-order valence-electron chi connectivity index (χ4n) is 2.92. The number of hydrogen-bond donors (Lipinski definition) is 2. The fourth-order valence-corrected chi connectivity index (χ4v) is 2.92. The predicted octanol–water partition coefficient (Wildman–Crippen LogP) is 1.44. The van der Waals surface area contributed by atoms with E-state index in [1.165, 1.54) is 18.2 Å². The Balaban J connectivity index is 1.89. The minimum absolute atomic E-state index is 0.00372. The van der Waals surface area contributed by atoms with Crippen LogP contribution in [0.25, 0.3) is 0 Å². The lowest BCUT2D eigenvalue weighted by molar-refractivity contribution is -0.384. The topological polar surface area (TPSA) is 105 Å². The Morgan fingerprint density at radius 2 is 2.17 bits per heavy atom. The number of nitro groups is 1. The van der Waals surface area contributed by atoms with Crippen LogP contribution < -0.4 is 10.6 Å². The molecule has 8 nitrogen and oxygen atoms in total. The largest absolute Gasteiger partial charge is 0.358 e. The Hall–Kier alpha value is -2.48. The Labute approximate surface area is 140 Å². The van der Waals surface area contributed by atoms with Crippen LogP contribution >= 0.6 is 0 Å². The van der Waals surface area contributed by atoms with E-state index < -0.39 is 4.92 Å². The number of nitrogens with one attached hydrogen (secondary N) is 2. The molecule has 0 radical (unpaired) electrons. The van der Waals surface area contributed by atoms with Crippen LogP contribution in [0.15, 0.2) is 18.2 Å². The zero-order valence-electron chi connectivity index (χ0n) is 13.9. The van der Waals surface area contributed by atoms with Gasteiger partial charge < -0.3 is 10.6 Å². The van der Waals surface area contributed by atoms with E-state index in [0.717, 1.165) is 19.4 Å². The second-order valence-electron chi connectivity index (χ2n) is 5.86. The van der Waals surface area contributed by atoms with Crippen molar-refractivity contribution in [2.24, 2.45) is 0 Å². The SMILES string of the molecule is CNC(=O)C1CCCN1CCC(=O)Nc1ccc([N+](=O)[O-])cc1C. The maximum absolute atomic E-state index is 12.1. The van der Waals surface area contributed by atoms with Crippen molar-refractivity contribution in [3.05, 3.63) is 33.9 Å². The number of aryl methyl sites for hydroxylation is 1. The highest BCUT2D eigenvalue weighted by atomic mass is 16.6. The lowest BCUT2D eigenvalue weighted by Gasteiger charge is -2.22. The number of amides is 2. The lowest BCUT2D eigenvalue weighted by atomic mass is 10.1. The summed E-state index contributed by atoms with van der Waals surface area (Å²) in [6.07, 6.45) is 2.02. The van der Waals surface area contributed by atoms with Crippen LogP contribution in [-0.2, 0) is 9.59 Å².